The molecule has 3 heterocycles. The number of aryl methyl sites for hydroxylation is 1. The minimum atomic E-state index is -1.29. The maximum atomic E-state index is 8.54. The molecule has 0 saturated heterocycles. The normalized spacial score (nSPS) is 14.0. The minimum Gasteiger partial charge on any atom is -0.305 e. The van der Waals surface area contributed by atoms with Crippen LogP contribution in [0.5, 0.6) is 0 Å². The molecule has 0 amide bonds. The molecule has 2 nitrogen and oxygen atoms in total. The van der Waals surface area contributed by atoms with Crippen molar-refractivity contribution in [2.45, 2.75) is 45.8 Å². The van der Waals surface area contributed by atoms with Gasteiger partial charge < -0.3 is 9.97 Å². The van der Waals surface area contributed by atoms with Gasteiger partial charge in [-0.1, -0.05) is 73.1 Å². The van der Waals surface area contributed by atoms with Crippen molar-refractivity contribution in [3.05, 3.63) is 127 Å². The Morgan fingerprint density at radius 2 is 1.64 bits per heavy atom. The molecule has 1 aliphatic carbocycles. The molecular formula is C40H36IrN2SSi-2. The number of thiophene rings is 1. The number of nitrogens with zero attached hydrogens (tertiary/aromatic N) is 2. The summed E-state index contributed by atoms with van der Waals surface area (Å²) in [5.41, 5.74) is 5.84. The zero-order chi connectivity index (χ0) is 32.1. The topological polar surface area (TPSA) is 25.8 Å². The summed E-state index contributed by atoms with van der Waals surface area (Å²) in [6, 6.07) is 37.6. The summed E-state index contributed by atoms with van der Waals surface area (Å²) in [5, 5.41) is 6.47. The molecule has 1 radical (unpaired) electrons. The van der Waals surface area contributed by atoms with Gasteiger partial charge in [-0.15, -0.1) is 59.7 Å². The molecule has 0 atom stereocenters. The van der Waals surface area contributed by atoms with Gasteiger partial charge >= 0.3 is 0 Å². The second-order valence-electron chi connectivity index (χ2n) is 12.6. The van der Waals surface area contributed by atoms with Gasteiger partial charge in [0.15, 0.2) is 0 Å². The van der Waals surface area contributed by atoms with Crippen molar-refractivity contribution in [2.24, 2.45) is 5.92 Å². The Balaban J connectivity index is 0.000000194. The van der Waals surface area contributed by atoms with E-state index in [1.54, 1.807) is 17.5 Å². The molecule has 4 aromatic carbocycles. The molecule has 0 spiro atoms. The fraction of sp³-hybridized carbons (Fsp3) is 0.200. The molecule has 1 aliphatic rings. The van der Waals surface area contributed by atoms with E-state index in [-0.39, 0.29) is 26.0 Å². The van der Waals surface area contributed by atoms with Crippen LogP contribution in [0.1, 0.15) is 26.7 Å². The van der Waals surface area contributed by atoms with Gasteiger partial charge in [-0.05, 0) is 87.2 Å². The molecule has 5 heteroatoms. The number of hydrogen-bond acceptors (Lipinski definition) is 3. The number of aromatic nitrogens is 2. The fourth-order valence-electron chi connectivity index (χ4n) is 5.64. The van der Waals surface area contributed by atoms with Gasteiger partial charge in [-0.2, -0.15) is 11.3 Å². The van der Waals surface area contributed by atoms with Gasteiger partial charge in [-0.3, -0.25) is 0 Å². The van der Waals surface area contributed by atoms with Gasteiger partial charge in [0.1, 0.15) is 0 Å². The van der Waals surface area contributed by atoms with Gasteiger partial charge in [-0.25, -0.2) is 0 Å². The summed E-state index contributed by atoms with van der Waals surface area (Å²) < 4.78 is 19.5. The Morgan fingerprint density at radius 1 is 0.844 bits per heavy atom. The van der Waals surface area contributed by atoms with Crippen molar-refractivity contribution in [3.63, 3.8) is 0 Å². The summed E-state index contributed by atoms with van der Waals surface area (Å²) >= 11 is 1.78. The fourth-order valence-corrected chi connectivity index (χ4v) is 8.00. The SMILES string of the molecule is C[Si](C)(C)c1ccc(-c2[c-]cccc2)nc1.[2H]C([2H])(c1ccnc(-c2[c-]ccc3c2sc2cc(C)c4ccccc4c23)c1)C1CC1.[Ir]. The third kappa shape index (κ3) is 6.73. The first-order valence-corrected chi connectivity index (χ1v) is 19.6. The van der Waals surface area contributed by atoms with E-state index in [2.05, 4.69) is 97.2 Å². The Bertz CT molecular complexity index is 2190. The Labute approximate surface area is 287 Å². The summed E-state index contributed by atoms with van der Waals surface area (Å²) in [6.45, 7) is 9.17. The van der Waals surface area contributed by atoms with Gasteiger partial charge in [0.05, 0.1) is 8.07 Å². The Hall–Kier alpha value is -3.47. The van der Waals surface area contributed by atoms with E-state index in [4.69, 9.17) is 2.74 Å². The van der Waals surface area contributed by atoms with E-state index in [0.717, 1.165) is 40.9 Å². The van der Waals surface area contributed by atoms with Crippen LogP contribution in [-0.2, 0) is 26.5 Å². The van der Waals surface area contributed by atoms with E-state index < -0.39 is 14.4 Å². The summed E-state index contributed by atoms with van der Waals surface area (Å²) in [4.78, 5) is 9.13. The number of pyridine rings is 2. The molecule has 227 valence electrons. The summed E-state index contributed by atoms with van der Waals surface area (Å²) in [6.07, 6.45) is 4.40. The first-order chi connectivity index (χ1) is 22.1. The van der Waals surface area contributed by atoms with E-state index in [1.165, 1.54) is 41.7 Å². The average Bonchev–Trinajstić information content (AvgIpc) is 3.87. The Morgan fingerprint density at radius 3 is 2.36 bits per heavy atom. The molecule has 8 rings (SSSR count). The molecule has 7 aromatic rings. The van der Waals surface area contributed by atoms with Crippen molar-refractivity contribution in [1.29, 1.82) is 0 Å². The molecule has 1 saturated carbocycles. The molecule has 0 aliphatic heterocycles. The average molecular weight is 799 g/mol. The number of benzene rings is 4. The molecule has 0 unspecified atom stereocenters. The van der Waals surface area contributed by atoms with Crippen LogP contribution in [0.4, 0.5) is 0 Å². The molecule has 0 N–H and O–H groups in total. The van der Waals surface area contributed by atoms with Crippen LogP contribution in [0.15, 0.2) is 103 Å². The third-order valence-electron chi connectivity index (χ3n) is 8.22. The first kappa shape index (κ1) is 29.0. The molecule has 3 aromatic heterocycles. The van der Waals surface area contributed by atoms with E-state index in [0.29, 0.717) is 0 Å². The van der Waals surface area contributed by atoms with Crippen LogP contribution in [0.2, 0.25) is 19.6 Å². The van der Waals surface area contributed by atoms with Crippen LogP contribution in [-0.4, -0.2) is 18.0 Å². The van der Waals surface area contributed by atoms with Crippen LogP contribution in [0.25, 0.3) is 53.5 Å². The molecular weight excluding hydrogens is 761 g/mol. The van der Waals surface area contributed by atoms with Crippen LogP contribution < -0.4 is 5.19 Å². The number of rotatable bonds is 5. The molecule has 0 bridgehead atoms. The second kappa shape index (κ2) is 13.1. The van der Waals surface area contributed by atoms with Crippen molar-refractivity contribution in [1.82, 2.24) is 9.97 Å². The van der Waals surface area contributed by atoms with Crippen LogP contribution >= 0.6 is 11.3 Å². The summed E-state index contributed by atoms with van der Waals surface area (Å²) in [7, 11) is -1.23. The van der Waals surface area contributed by atoms with E-state index >= 15 is 0 Å². The maximum absolute atomic E-state index is 8.54. The van der Waals surface area contributed by atoms with E-state index in [9.17, 15) is 0 Å². The van der Waals surface area contributed by atoms with Crippen molar-refractivity contribution < 1.29 is 22.8 Å². The van der Waals surface area contributed by atoms with Gasteiger partial charge in [0.25, 0.3) is 0 Å². The van der Waals surface area contributed by atoms with Crippen molar-refractivity contribution >= 4 is 55.5 Å². The van der Waals surface area contributed by atoms with Crippen LogP contribution in [0, 0.1) is 25.0 Å². The smallest absolute Gasteiger partial charge is 0.0795 e. The largest absolute Gasteiger partial charge is 0.305 e. The number of fused-ring (bicyclic) bond motifs is 5. The maximum Gasteiger partial charge on any atom is 0.0795 e. The van der Waals surface area contributed by atoms with Crippen molar-refractivity contribution in [2.75, 3.05) is 0 Å². The van der Waals surface area contributed by atoms with Gasteiger partial charge in [0, 0.05) is 39.9 Å². The second-order valence-corrected chi connectivity index (χ2v) is 18.7. The predicted octanol–water partition coefficient (Wildman–Crippen LogP) is 10.4. The zero-order valence-corrected chi connectivity index (χ0v) is 30.2. The summed E-state index contributed by atoms with van der Waals surface area (Å²) in [5.74, 6) is 0.131. The third-order valence-corrected chi connectivity index (χ3v) is 11.4. The standard InChI is InChI=1S/C26H20NS.C14H16NSi.Ir/c1-16-13-24-25(20-6-3-2-5-19(16)20)22-8-4-7-21(26(22)28-24)23-15-18(11-12-27-23)14-17-9-10-17;1-16(2,3)13-9-10-14(15-11-13)12-7-5-4-6-8-12;/h2-6,8,11-13,15,17H,9-10,14H2,1H3;4-7,9-11H,1-3H3;/q2*-1;/i14D2;;. The first-order valence-electron chi connectivity index (χ1n) is 16.3. The Kier molecular flexibility index (Phi) is 8.43. The molecule has 45 heavy (non-hydrogen) atoms. The minimum absolute atomic E-state index is 0. The monoisotopic (exact) mass is 799 g/mol. The van der Waals surface area contributed by atoms with Crippen molar-refractivity contribution in [3.8, 4) is 22.5 Å². The number of hydrogen-bond donors (Lipinski definition) is 0. The quantitative estimate of drug-likeness (QED) is 0.128. The van der Waals surface area contributed by atoms with Gasteiger partial charge in [0.2, 0.25) is 0 Å². The van der Waals surface area contributed by atoms with Crippen LogP contribution in [0.3, 0.4) is 0 Å². The zero-order valence-electron chi connectivity index (χ0n) is 27.9. The molecule has 1 fully saturated rings. The van der Waals surface area contributed by atoms with E-state index in [1.807, 2.05) is 48.7 Å². The predicted molar refractivity (Wildman–Crippen MR) is 192 cm³/mol.